The van der Waals surface area contributed by atoms with Crippen molar-refractivity contribution in [2.75, 3.05) is 6.26 Å². The Morgan fingerprint density at radius 3 is 2.27 bits per heavy atom. The molecule has 8 nitrogen and oxygen atoms in total. The van der Waals surface area contributed by atoms with E-state index in [0.717, 1.165) is 12.3 Å². The number of nitriles is 2. The Morgan fingerprint density at radius 1 is 1.05 bits per heavy atom. The largest absolute Gasteiger partial charge is 0.456 e. The number of aromatic nitrogens is 1. The maximum Gasteiger partial charge on any atom is 0.417 e. The molecule has 0 aliphatic carbocycles. The Hall–Kier alpha value is -4.27. The summed E-state index contributed by atoms with van der Waals surface area (Å²) in [5.41, 5.74) is -1.48. The minimum absolute atomic E-state index is 0.0409. The van der Waals surface area contributed by atoms with Gasteiger partial charge in [0, 0.05) is 17.3 Å². The maximum absolute atomic E-state index is 13.7. The van der Waals surface area contributed by atoms with Crippen LogP contribution in [0.3, 0.4) is 0 Å². The van der Waals surface area contributed by atoms with Gasteiger partial charge in [0.25, 0.3) is 0 Å². The van der Waals surface area contributed by atoms with E-state index in [-0.39, 0.29) is 22.0 Å². The summed E-state index contributed by atoms with van der Waals surface area (Å²) >= 11 is 0. The molecule has 190 valence electrons. The van der Waals surface area contributed by atoms with Crippen LogP contribution in [0.5, 0.6) is 11.5 Å². The number of benzene rings is 2. The zero-order valence-electron chi connectivity index (χ0n) is 18.6. The van der Waals surface area contributed by atoms with Gasteiger partial charge in [-0.1, -0.05) is 6.07 Å². The zero-order valence-corrected chi connectivity index (χ0v) is 20.2. The number of nitrogens with zero attached hydrogens (tertiary/aromatic N) is 4. The second-order valence-electron chi connectivity index (χ2n) is 7.20. The number of allylic oxidation sites excluding steroid dienone is 1. The molecule has 1 aromatic heterocycles. The summed E-state index contributed by atoms with van der Waals surface area (Å²) in [6.07, 6.45) is -2.71. The van der Waals surface area contributed by atoms with Crippen LogP contribution in [0.15, 0.2) is 86.2 Å². The van der Waals surface area contributed by atoms with Gasteiger partial charge in [-0.15, -0.1) is 0 Å². The summed E-state index contributed by atoms with van der Waals surface area (Å²) in [4.78, 5) is 2.41. The Balaban J connectivity index is 1.89. The van der Waals surface area contributed by atoms with Crippen molar-refractivity contribution in [1.82, 2.24) is 4.98 Å². The first-order chi connectivity index (χ1) is 17.3. The first kappa shape index (κ1) is 27.3. The van der Waals surface area contributed by atoms with Crippen LogP contribution in [0.2, 0.25) is 0 Å². The molecule has 14 heteroatoms. The van der Waals surface area contributed by atoms with Gasteiger partial charge < -0.3 is 4.74 Å². The van der Waals surface area contributed by atoms with E-state index in [0.29, 0.717) is 24.5 Å². The second kappa shape index (κ2) is 10.4. The van der Waals surface area contributed by atoms with Crippen molar-refractivity contribution in [3.8, 4) is 23.6 Å². The molecule has 0 amide bonds. The highest BCUT2D eigenvalue weighted by Crippen LogP contribution is 2.30. The second-order valence-corrected chi connectivity index (χ2v) is 11.3. The Labute approximate surface area is 209 Å². The van der Waals surface area contributed by atoms with E-state index in [1.54, 1.807) is 6.07 Å². The van der Waals surface area contributed by atoms with Crippen LogP contribution in [0.1, 0.15) is 11.1 Å². The van der Waals surface area contributed by atoms with Crippen molar-refractivity contribution < 1.29 is 34.9 Å². The third-order valence-corrected chi connectivity index (χ3v) is 7.91. The first-order valence-corrected chi connectivity index (χ1v) is 13.3. The van der Waals surface area contributed by atoms with E-state index < -0.39 is 47.1 Å². The number of hydrogen-bond donors (Lipinski definition) is 0. The molecular formula is C23H14F4N4O4S2. The average molecular weight is 551 g/mol. The predicted octanol–water partition coefficient (Wildman–Crippen LogP) is 5.20. The quantitative estimate of drug-likeness (QED) is 0.304. The molecule has 1 atom stereocenters. The van der Waals surface area contributed by atoms with Crippen molar-refractivity contribution in [2.45, 2.75) is 16.1 Å². The highest BCUT2D eigenvalue weighted by Gasteiger charge is 2.32. The highest BCUT2D eigenvalue weighted by atomic mass is 32.2. The molecule has 0 spiro atoms. The van der Waals surface area contributed by atoms with Crippen molar-refractivity contribution in [3.05, 3.63) is 88.8 Å². The Kier molecular flexibility index (Phi) is 7.66. The van der Waals surface area contributed by atoms with Gasteiger partial charge in [0.1, 0.15) is 35.0 Å². The summed E-state index contributed by atoms with van der Waals surface area (Å²) in [5, 5.41) is 17.6. The molecule has 0 fully saturated rings. The lowest BCUT2D eigenvalue weighted by Crippen LogP contribution is -2.09. The topological polar surface area (TPSA) is 133 Å². The standard InChI is InChI=1S/C23H14F4N4O4S2/c1-36(32,17-8-6-16(7-9-17)35-21-4-2-3-20(24)19(21)12-29)31-14-18(11-28)37(33,34)22-10-5-15(13-30-22)23(25,26)27/h2-10,13-14H,1H3/b18-14+. The van der Waals surface area contributed by atoms with Gasteiger partial charge in [-0.2, -0.15) is 23.7 Å². The number of hydrogen-bond acceptors (Lipinski definition) is 8. The van der Waals surface area contributed by atoms with Crippen LogP contribution in [-0.4, -0.2) is 23.9 Å². The van der Waals surface area contributed by atoms with Crippen molar-refractivity contribution >= 4 is 19.6 Å². The smallest absolute Gasteiger partial charge is 0.417 e. The number of alkyl halides is 3. The monoisotopic (exact) mass is 550 g/mol. The molecule has 2 aromatic carbocycles. The van der Waals surface area contributed by atoms with E-state index in [1.807, 2.05) is 0 Å². The van der Waals surface area contributed by atoms with Gasteiger partial charge in [-0.25, -0.2) is 26.4 Å². The molecule has 0 bridgehead atoms. The van der Waals surface area contributed by atoms with Gasteiger partial charge in [-0.3, -0.25) is 0 Å². The van der Waals surface area contributed by atoms with Crippen LogP contribution < -0.4 is 4.74 Å². The zero-order chi connectivity index (χ0) is 27.4. The SMILES string of the molecule is CS(=O)(=N/C=C(\C#N)S(=O)(=O)c1ccc(C(F)(F)F)cn1)c1ccc(Oc2cccc(F)c2C#N)cc1. The van der Waals surface area contributed by atoms with Crippen molar-refractivity contribution in [2.24, 2.45) is 4.36 Å². The molecule has 0 radical (unpaired) electrons. The summed E-state index contributed by atoms with van der Waals surface area (Å²) in [6, 6.07) is 13.4. The molecule has 1 unspecified atom stereocenters. The van der Waals surface area contributed by atoms with Crippen LogP contribution in [0, 0.1) is 28.5 Å². The maximum atomic E-state index is 13.7. The molecule has 3 aromatic rings. The lowest BCUT2D eigenvalue weighted by Gasteiger charge is -2.09. The molecule has 0 N–H and O–H groups in total. The average Bonchev–Trinajstić information content (AvgIpc) is 2.84. The predicted molar refractivity (Wildman–Crippen MR) is 123 cm³/mol. The third kappa shape index (κ3) is 6.11. The molecule has 37 heavy (non-hydrogen) atoms. The van der Waals surface area contributed by atoms with Gasteiger partial charge in [-0.05, 0) is 48.5 Å². The van der Waals surface area contributed by atoms with Crippen molar-refractivity contribution in [3.63, 3.8) is 0 Å². The van der Waals surface area contributed by atoms with E-state index in [1.165, 1.54) is 42.5 Å². The van der Waals surface area contributed by atoms with E-state index in [4.69, 9.17) is 10.00 Å². The molecule has 1 heterocycles. The van der Waals surface area contributed by atoms with E-state index >= 15 is 0 Å². The molecule has 0 aliphatic heterocycles. The van der Waals surface area contributed by atoms with Gasteiger partial charge in [0.15, 0.2) is 9.93 Å². The van der Waals surface area contributed by atoms with Crippen LogP contribution in [0.25, 0.3) is 0 Å². The number of pyridine rings is 1. The molecular weight excluding hydrogens is 536 g/mol. The number of ether oxygens (including phenoxy) is 1. The first-order valence-electron chi connectivity index (χ1n) is 9.86. The Bertz CT molecular complexity index is 1680. The van der Waals surface area contributed by atoms with E-state index in [2.05, 4.69) is 9.35 Å². The van der Waals surface area contributed by atoms with Gasteiger partial charge >= 0.3 is 6.18 Å². The van der Waals surface area contributed by atoms with Crippen LogP contribution in [0.4, 0.5) is 17.6 Å². The normalized spacial score (nSPS) is 13.6. The fourth-order valence-electron chi connectivity index (χ4n) is 2.77. The van der Waals surface area contributed by atoms with E-state index in [9.17, 15) is 35.5 Å². The number of rotatable bonds is 6. The van der Waals surface area contributed by atoms with Crippen LogP contribution >= 0.6 is 0 Å². The summed E-state index contributed by atoms with van der Waals surface area (Å²) in [7, 11) is -7.94. The van der Waals surface area contributed by atoms with Crippen molar-refractivity contribution in [1.29, 1.82) is 10.5 Å². The lowest BCUT2D eigenvalue weighted by molar-refractivity contribution is -0.137. The highest BCUT2D eigenvalue weighted by molar-refractivity contribution is 7.95. The summed E-state index contributed by atoms with van der Waals surface area (Å²) in [6.45, 7) is 0. The minimum atomic E-state index is -4.73. The fourth-order valence-corrected chi connectivity index (χ4v) is 4.88. The summed E-state index contributed by atoms with van der Waals surface area (Å²) < 4.78 is 99.3. The minimum Gasteiger partial charge on any atom is -0.456 e. The van der Waals surface area contributed by atoms with Gasteiger partial charge in [0.2, 0.25) is 9.84 Å². The molecule has 0 saturated heterocycles. The summed E-state index contributed by atoms with van der Waals surface area (Å²) in [5.74, 6) is -0.639. The van der Waals surface area contributed by atoms with Gasteiger partial charge in [0.05, 0.1) is 21.5 Å². The molecule has 0 aliphatic rings. The molecule has 0 saturated carbocycles. The number of halogens is 4. The van der Waals surface area contributed by atoms with Crippen LogP contribution in [-0.2, 0) is 25.7 Å². The lowest BCUT2D eigenvalue weighted by atomic mass is 10.2. The Morgan fingerprint density at radius 2 is 1.73 bits per heavy atom. The number of sulfone groups is 1. The fraction of sp³-hybridized carbons (Fsp3) is 0.0870. The third-order valence-electron chi connectivity index (χ3n) is 4.69. The molecule has 3 rings (SSSR count).